The van der Waals surface area contributed by atoms with Crippen LogP contribution in [0.2, 0.25) is 0 Å². The van der Waals surface area contributed by atoms with Crippen molar-refractivity contribution in [2.75, 3.05) is 23.8 Å². The van der Waals surface area contributed by atoms with Crippen LogP contribution in [0.3, 0.4) is 0 Å². The zero-order chi connectivity index (χ0) is 15.1. The summed E-state index contributed by atoms with van der Waals surface area (Å²) in [4.78, 5) is 4.16. The number of halogens is 1. The summed E-state index contributed by atoms with van der Waals surface area (Å²) in [6, 6.07) is 6.75. The topological polar surface area (TPSA) is 46.2 Å². The Balaban J connectivity index is 2.09. The Morgan fingerprint density at radius 3 is 2.62 bits per heavy atom. The average molecular weight is 289 g/mol. The van der Waals surface area contributed by atoms with Gasteiger partial charge in [-0.2, -0.15) is 0 Å². The van der Waals surface area contributed by atoms with Crippen molar-refractivity contribution in [3.05, 3.63) is 42.5 Å². The number of pyridine rings is 1. The Morgan fingerprint density at radius 2 is 1.90 bits per heavy atom. The van der Waals surface area contributed by atoms with E-state index in [9.17, 15) is 4.39 Å². The number of hydrogen-bond donors (Lipinski definition) is 2. The van der Waals surface area contributed by atoms with Crippen LogP contribution in [0.4, 0.5) is 21.5 Å². The standard InChI is InChI=1S/C16H20FN3O/c1-3-7-19-13-8-14(11-18-10-13)20-12-5-6-16(21-4-2)15(17)9-12/h5-6,8-11,19-20H,3-4,7H2,1-2H3. The van der Waals surface area contributed by atoms with Gasteiger partial charge in [0.15, 0.2) is 11.6 Å². The first kappa shape index (κ1) is 15.1. The van der Waals surface area contributed by atoms with Gasteiger partial charge in [0.25, 0.3) is 0 Å². The third-order valence-corrected chi connectivity index (χ3v) is 2.84. The molecule has 1 aromatic carbocycles. The van der Waals surface area contributed by atoms with Crippen molar-refractivity contribution in [1.82, 2.24) is 4.98 Å². The van der Waals surface area contributed by atoms with Gasteiger partial charge >= 0.3 is 0 Å². The van der Waals surface area contributed by atoms with E-state index in [-0.39, 0.29) is 11.6 Å². The lowest BCUT2D eigenvalue weighted by atomic mass is 10.2. The zero-order valence-corrected chi connectivity index (χ0v) is 12.3. The van der Waals surface area contributed by atoms with Crippen molar-refractivity contribution < 1.29 is 9.13 Å². The van der Waals surface area contributed by atoms with E-state index in [0.717, 1.165) is 24.3 Å². The van der Waals surface area contributed by atoms with E-state index in [1.165, 1.54) is 6.07 Å². The molecular weight excluding hydrogens is 269 g/mol. The molecule has 0 spiro atoms. The smallest absolute Gasteiger partial charge is 0.167 e. The quantitative estimate of drug-likeness (QED) is 0.802. The van der Waals surface area contributed by atoms with Gasteiger partial charge in [-0.15, -0.1) is 0 Å². The van der Waals surface area contributed by atoms with Gasteiger partial charge in [0.1, 0.15) is 0 Å². The summed E-state index contributed by atoms with van der Waals surface area (Å²) < 4.78 is 19.0. The second-order valence-electron chi connectivity index (χ2n) is 4.59. The molecule has 5 heteroatoms. The highest BCUT2D eigenvalue weighted by atomic mass is 19.1. The van der Waals surface area contributed by atoms with E-state index >= 15 is 0 Å². The van der Waals surface area contributed by atoms with Gasteiger partial charge in [0.05, 0.1) is 30.4 Å². The number of aromatic nitrogens is 1. The van der Waals surface area contributed by atoms with Crippen molar-refractivity contribution in [2.24, 2.45) is 0 Å². The lowest BCUT2D eigenvalue weighted by Gasteiger charge is -2.10. The van der Waals surface area contributed by atoms with Crippen molar-refractivity contribution in [3.8, 4) is 5.75 Å². The number of hydrogen-bond acceptors (Lipinski definition) is 4. The molecule has 0 unspecified atom stereocenters. The first-order valence-corrected chi connectivity index (χ1v) is 7.11. The minimum Gasteiger partial charge on any atom is -0.491 e. The zero-order valence-electron chi connectivity index (χ0n) is 12.3. The molecule has 0 radical (unpaired) electrons. The molecule has 112 valence electrons. The average Bonchev–Trinajstić information content (AvgIpc) is 2.48. The highest BCUT2D eigenvalue weighted by molar-refractivity contribution is 5.63. The second-order valence-corrected chi connectivity index (χ2v) is 4.59. The first-order valence-electron chi connectivity index (χ1n) is 7.11. The fraction of sp³-hybridized carbons (Fsp3) is 0.312. The maximum absolute atomic E-state index is 13.8. The molecule has 2 aromatic rings. The van der Waals surface area contributed by atoms with Crippen LogP contribution in [0.15, 0.2) is 36.7 Å². The molecule has 0 saturated heterocycles. The van der Waals surface area contributed by atoms with Gasteiger partial charge in [-0.05, 0) is 31.5 Å². The normalized spacial score (nSPS) is 10.2. The summed E-state index contributed by atoms with van der Waals surface area (Å²) in [6.45, 7) is 5.26. The van der Waals surface area contributed by atoms with Crippen LogP contribution in [0, 0.1) is 5.82 Å². The Hall–Kier alpha value is -2.30. The highest BCUT2D eigenvalue weighted by Gasteiger charge is 2.05. The van der Waals surface area contributed by atoms with Crippen LogP contribution in [-0.2, 0) is 0 Å². The van der Waals surface area contributed by atoms with Crippen molar-refractivity contribution in [3.63, 3.8) is 0 Å². The molecular formula is C16H20FN3O. The van der Waals surface area contributed by atoms with Crippen LogP contribution in [0.1, 0.15) is 20.3 Å². The van der Waals surface area contributed by atoms with Crippen LogP contribution < -0.4 is 15.4 Å². The summed E-state index contributed by atoms with van der Waals surface area (Å²) in [5.74, 6) is -0.116. The van der Waals surface area contributed by atoms with E-state index < -0.39 is 0 Å². The molecule has 2 rings (SSSR count). The molecule has 1 heterocycles. The summed E-state index contributed by atoms with van der Waals surface area (Å²) in [7, 11) is 0. The molecule has 2 N–H and O–H groups in total. The summed E-state index contributed by atoms with van der Waals surface area (Å²) in [6.07, 6.45) is 4.51. The molecule has 0 saturated carbocycles. The van der Waals surface area contributed by atoms with Gasteiger partial charge in [0.2, 0.25) is 0 Å². The van der Waals surface area contributed by atoms with Gasteiger partial charge in [-0.25, -0.2) is 4.39 Å². The van der Waals surface area contributed by atoms with E-state index in [0.29, 0.717) is 12.3 Å². The van der Waals surface area contributed by atoms with Crippen molar-refractivity contribution in [2.45, 2.75) is 20.3 Å². The van der Waals surface area contributed by atoms with E-state index in [2.05, 4.69) is 22.5 Å². The number of nitrogens with zero attached hydrogens (tertiary/aromatic N) is 1. The summed E-state index contributed by atoms with van der Waals surface area (Å²) in [5, 5.41) is 6.39. The molecule has 0 aliphatic heterocycles. The maximum atomic E-state index is 13.8. The Morgan fingerprint density at radius 1 is 1.10 bits per heavy atom. The number of ether oxygens (including phenoxy) is 1. The molecule has 0 amide bonds. The predicted molar refractivity (Wildman–Crippen MR) is 83.9 cm³/mol. The third kappa shape index (κ3) is 4.34. The minimum absolute atomic E-state index is 0.263. The Labute approximate surface area is 124 Å². The monoisotopic (exact) mass is 289 g/mol. The third-order valence-electron chi connectivity index (χ3n) is 2.84. The van der Waals surface area contributed by atoms with Gasteiger partial charge in [0, 0.05) is 18.3 Å². The maximum Gasteiger partial charge on any atom is 0.167 e. The predicted octanol–water partition coefficient (Wildman–Crippen LogP) is 4.18. The van der Waals surface area contributed by atoms with Crippen LogP contribution >= 0.6 is 0 Å². The molecule has 0 aliphatic carbocycles. The van der Waals surface area contributed by atoms with Crippen LogP contribution in [0.5, 0.6) is 5.75 Å². The lowest BCUT2D eigenvalue weighted by Crippen LogP contribution is -2.01. The van der Waals surface area contributed by atoms with Crippen LogP contribution in [0.25, 0.3) is 0 Å². The van der Waals surface area contributed by atoms with Gasteiger partial charge < -0.3 is 15.4 Å². The molecule has 4 nitrogen and oxygen atoms in total. The van der Waals surface area contributed by atoms with Gasteiger partial charge in [-0.3, -0.25) is 4.98 Å². The molecule has 0 atom stereocenters. The number of nitrogens with one attached hydrogen (secondary N) is 2. The molecule has 0 aliphatic rings. The fourth-order valence-corrected chi connectivity index (χ4v) is 1.89. The minimum atomic E-state index is -0.380. The van der Waals surface area contributed by atoms with E-state index in [1.54, 1.807) is 24.5 Å². The Kier molecular flexibility index (Phi) is 5.37. The molecule has 0 fully saturated rings. The fourth-order valence-electron chi connectivity index (χ4n) is 1.89. The molecule has 1 aromatic heterocycles. The largest absolute Gasteiger partial charge is 0.491 e. The van der Waals surface area contributed by atoms with Gasteiger partial charge in [-0.1, -0.05) is 6.92 Å². The highest BCUT2D eigenvalue weighted by Crippen LogP contribution is 2.24. The Bertz CT molecular complexity index is 589. The van der Waals surface area contributed by atoms with Crippen molar-refractivity contribution in [1.29, 1.82) is 0 Å². The first-order chi connectivity index (χ1) is 10.2. The molecule has 21 heavy (non-hydrogen) atoms. The summed E-state index contributed by atoms with van der Waals surface area (Å²) >= 11 is 0. The number of rotatable bonds is 7. The van der Waals surface area contributed by atoms with Crippen molar-refractivity contribution >= 4 is 17.1 Å². The van der Waals surface area contributed by atoms with E-state index in [4.69, 9.17) is 4.74 Å². The SMILES string of the molecule is CCCNc1cncc(Nc2ccc(OCC)c(F)c2)c1. The summed E-state index contributed by atoms with van der Waals surface area (Å²) in [5.41, 5.74) is 2.40. The lowest BCUT2D eigenvalue weighted by molar-refractivity contribution is 0.321. The van der Waals surface area contributed by atoms with E-state index in [1.807, 2.05) is 13.0 Å². The van der Waals surface area contributed by atoms with Crippen LogP contribution in [-0.4, -0.2) is 18.1 Å². The number of benzene rings is 1. The molecule has 0 bridgehead atoms. The second kappa shape index (κ2) is 7.47. The number of anilines is 3.